The highest BCUT2D eigenvalue weighted by molar-refractivity contribution is 7.99. The standard InChI is InChI=1S/C21H19ClN2O2S2/c1-25-15-9-12-17(19(13-15)26-2)23-21(27)24-18-5-3-4-6-20(18)28-16-10-7-14(22)8-11-16/h3-13H,1-2H3,(H2,23,24,27). The molecular formula is C21H19ClN2O2S2. The predicted octanol–water partition coefficient (Wildman–Crippen LogP) is 6.32. The summed E-state index contributed by atoms with van der Waals surface area (Å²) in [6.07, 6.45) is 0. The molecule has 0 unspecified atom stereocenters. The lowest BCUT2D eigenvalue weighted by Crippen LogP contribution is -2.19. The Hall–Kier alpha value is -2.41. The van der Waals surface area contributed by atoms with E-state index in [-0.39, 0.29) is 0 Å². The molecule has 144 valence electrons. The molecule has 2 N–H and O–H groups in total. The zero-order valence-electron chi connectivity index (χ0n) is 15.4. The molecule has 0 amide bonds. The van der Waals surface area contributed by atoms with Crippen LogP contribution in [0.25, 0.3) is 0 Å². The van der Waals surface area contributed by atoms with Gasteiger partial charge < -0.3 is 20.1 Å². The minimum Gasteiger partial charge on any atom is -0.497 e. The van der Waals surface area contributed by atoms with Crippen LogP contribution in [0.4, 0.5) is 11.4 Å². The molecule has 0 saturated heterocycles. The fraction of sp³-hybridized carbons (Fsp3) is 0.0952. The Morgan fingerprint density at radius 1 is 0.893 bits per heavy atom. The highest BCUT2D eigenvalue weighted by atomic mass is 35.5. The smallest absolute Gasteiger partial charge is 0.175 e. The van der Waals surface area contributed by atoms with E-state index in [4.69, 9.17) is 33.3 Å². The van der Waals surface area contributed by atoms with Crippen molar-refractivity contribution < 1.29 is 9.47 Å². The number of benzene rings is 3. The van der Waals surface area contributed by atoms with Gasteiger partial charge in [-0.15, -0.1) is 0 Å². The van der Waals surface area contributed by atoms with Crippen LogP contribution in [0.15, 0.2) is 76.5 Å². The Morgan fingerprint density at radius 3 is 2.32 bits per heavy atom. The van der Waals surface area contributed by atoms with E-state index < -0.39 is 0 Å². The molecule has 0 atom stereocenters. The zero-order chi connectivity index (χ0) is 19.9. The number of thiocarbonyl (C=S) groups is 1. The largest absolute Gasteiger partial charge is 0.497 e. The van der Waals surface area contributed by atoms with Gasteiger partial charge in [-0.3, -0.25) is 0 Å². The summed E-state index contributed by atoms with van der Waals surface area (Å²) in [5.41, 5.74) is 1.66. The predicted molar refractivity (Wildman–Crippen MR) is 121 cm³/mol. The molecule has 4 nitrogen and oxygen atoms in total. The molecule has 0 aliphatic carbocycles. The van der Waals surface area contributed by atoms with E-state index >= 15 is 0 Å². The molecule has 3 rings (SSSR count). The minimum absolute atomic E-state index is 0.465. The van der Waals surface area contributed by atoms with Crippen molar-refractivity contribution in [2.45, 2.75) is 9.79 Å². The van der Waals surface area contributed by atoms with Crippen LogP contribution in [-0.2, 0) is 0 Å². The van der Waals surface area contributed by atoms with Crippen LogP contribution >= 0.6 is 35.6 Å². The van der Waals surface area contributed by atoms with E-state index in [2.05, 4.69) is 10.6 Å². The second kappa shape index (κ2) is 9.68. The van der Waals surface area contributed by atoms with E-state index in [0.29, 0.717) is 16.6 Å². The van der Waals surface area contributed by atoms with E-state index in [9.17, 15) is 0 Å². The third-order valence-electron chi connectivity index (χ3n) is 3.83. The maximum Gasteiger partial charge on any atom is 0.175 e. The number of rotatable bonds is 6. The van der Waals surface area contributed by atoms with Crippen LogP contribution < -0.4 is 20.1 Å². The third-order valence-corrected chi connectivity index (χ3v) is 5.37. The maximum atomic E-state index is 5.97. The van der Waals surface area contributed by atoms with E-state index in [1.54, 1.807) is 32.0 Å². The number of hydrogen-bond donors (Lipinski definition) is 2. The first kappa shape index (κ1) is 20.3. The maximum absolute atomic E-state index is 5.97. The van der Waals surface area contributed by atoms with Crippen LogP contribution in [0.2, 0.25) is 5.02 Å². The van der Waals surface area contributed by atoms with Crippen molar-refractivity contribution in [1.29, 1.82) is 0 Å². The van der Waals surface area contributed by atoms with Gasteiger partial charge in [0, 0.05) is 20.9 Å². The quantitative estimate of drug-likeness (QED) is 0.446. The zero-order valence-corrected chi connectivity index (χ0v) is 17.8. The summed E-state index contributed by atoms with van der Waals surface area (Å²) in [7, 11) is 3.22. The number of methoxy groups -OCH3 is 2. The molecule has 28 heavy (non-hydrogen) atoms. The van der Waals surface area contributed by atoms with Gasteiger partial charge >= 0.3 is 0 Å². The highest BCUT2D eigenvalue weighted by Crippen LogP contribution is 2.34. The molecule has 0 heterocycles. The molecule has 3 aromatic carbocycles. The lowest BCUT2D eigenvalue weighted by Gasteiger charge is -2.16. The topological polar surface area (TPSA) is 42.5 Å². The van der Waals surface area contributed by atoms with E-state index in [1.165, 1.54) is 0 Å². The number of anilines is 2. The first-order valence-electron chi connectivity index (χ1n) is 8.41. The Balaban J connectivity index is 1.73. The number of para-hydroxylation sites is 1. The Labute approximate surface area is 179 Å². The Bertz CT molecular complexity index is 965. The van der Waals surface area contributed by atoms with Crippen LogP contribution in [0.1, 0.15) is 0 Å². The Kier molecular flexibility index (Phi) is 7.03. The average Bonchev–Trinajstić information content (AvgIpc) is 2.71. The molecule has 0 fully saturated rings. The normalized spacial score (nSPS) is 10.2. The van der Waals surface area contributed by atoms with Gasteiger partial charge in [-0.2, -0.15) is 0 Å². The lowest BCUT2D eigenvalue weighted by molar-refractivity contribution is 0.395. The number of nitrogens with one attached hydrogen (secondary N) is 2. The molecular weight excluding hydrogens is 412 g/mol. The van der Waals surface area contributed by atoms with Gasteiger partial charge in [0.15, 0.2) is 5.11 Å². The molecule has 7 heteroatoms. The van der Waals surface area contributed by atoms with Crippen LogP contribution in [0.3, 0.4) is 0 Å². The lowest BCUT2D eigenvalue weighted by atomic mass is 10.2. The van der Waals surface area contributed by atoms with Crippen molar-refractivity contribution in [2.75, 3.05) is 24.9 Å². The molecule has 3 aromatic rings. The van der Waals surface area contributed by atoms with Crippen LogP contribution in [-0.4, -0.2) is 19.3 Å². The number of ether oxygens (including phenoxy) is 2. The molecule has 0 spiro atoms. The Morgan fingerprint density at radius 2 is 1.61 bits per heavy atom. The van der Waals surface area contributed by atoms with Crippen LogP contribution in [0.5, 0.6) is 11.5 Å². The van der Waals surface area contributed by atoms with Gasteiger partial charge in [0.25, 0.3) is 0 Å². The summed E-state index contributed by atoms with van der Waals surface area (Å²) >= 11 is 13.1. The van der Waals surface area contributed by atoms with Crippen molar-refractivity contribution in [3.63, 3.8) is 0 Å². The van der Waals surface area contributed by atoms with Gasteiger partial charge in [-0.05, 0) is 60.7 Å². The average molecular weight is 431 g/mol. The molecule has 0 saturated carbocycles. The summed E-state index contributed by atoms with van der Waals surface area (Å²) in [6, 6.07) is 21.2. The van der Waals surface area contributed by atoms with Gasteiger partial charge in [0.05, 0.1) is 25.6 Å². The van der Waals surface area contributed by atoms with Crippen LogP contribution in [0, 0.1) is 0 Å². The molecule has 0 aromatic heterocycles. The summed E-state index contributed by atoms with van der Waals surface area (Å²) in [4.78, 5) is 2.14. The van der Waals surface area contributed by atoms with Gasteiger partial charge in [0.2, 0.25) is 0 Å². The fourth-order valence-electron chi connectivity index (χ4n) is 2.47. The second-order valence-corrected chi connectivity index (χ2v) is 7.66. The van der Waals surface area contributed by atoms with E-state index in [0.717, 1.165) is 26.2 Å². The molecule has 0 bridgehead atoms. The van der Waals surface area contributed by atoms with Gasteiger partial charge in [-0.1, -0.05) is 35.5 Å². The highest BCUT2D eigenvalue weighted by Gasteiger charge is 2.09. The van der Waals surface area contributed by atoms with Crippen molar-refractivity contribution in [2.24, 2.45) is 0 Å². The summed E-state index contributed by atoms with van der Waals surface area (Å²) in [5, 5.41) is 7.61. The fourth-order valence-corrected chi connectivity index (χ4v) is 3.71. The van der Waals surface area contributed by atoms with Crippen molar-refractivity contribution in [3.05, 3.63) is 71.8 Å². The number of halogens is 1. The number of hydrogen-bond acceptors (Lipinski definition) is 4. The summed E-state index contributed by atoms with van der Waals surface area (Å²) in [5.74, 6) is 1.36. The molecule has 0 aliphatic heterocycles. The third kappa shape index (κ3) is 5.32. The van der Waals surface area contributed by atoms with Gasteiger partial charge in [-0.25, -0.2) is 0 Å². The van der Waals surface area contributed by atoms with Gasteiger partial charge in [0.1, 0.15) is 11.5 Å². The van der Waals surface area contributed by atoms with E-state index in [1.807, 2.05) is 60.7 Å². The minimum atomic E-state index is 0.465. The van der Waals surface area contributed by atoms with Crippen molar-refractivity contribution in [1.82, 2.24) is 0 Å². The SMILES string of the molecule is COc1ccc(NC(=S)Nc2ccccc2Sc2ccc(Cl)cc2)c(OC)c1. The first-order valence-corrected chi connectivity index (χ1v) is 10.0. The summed E-state index contributed by atoms with van der Waals surface area (Å²) in [6.45, 7) is 0. The van der Waals surface area contributed by atoms with Crippen molar-refractivity contribution in [3.8, 4) is 11.5 Å². The first-order chi connectivity index (χ1) is 13.6. The molecule has 0 aliphatic rings. The monoisotopic (exact) mass is 430 g/mol. The van der Waals surface area contributed by atoms with Crippen molar-refractivity contribution >= 4 is 52.1 Å². The molecule has 0 radical (unpaired) electrons. The second-order valence-electron chi connectivity index (χ2n) is 5.70. The summed E-state index contributed by atoms with van der Waals surface area (Å²) < 4.78 is 10.6.